The van der Waals surface area contributed by atoms with Crippen LogP contribution in [0.25, 0.3) is 10.1 Å². The Hall–Kier alpha value is -3.15. The lowest BCUT2D eigenvalue weighted by Crippen LogP contribution is -2.26. The van der Waals surface area contributed by atoms with Crippen molar-refractivity contribution >= 4 is 44.9 Å². The predicted molar refractivity (Wildman–Crippen MR) is 149 cm³/mol. The Kier molecular flexibility index (Phi) is 8.44. The lowest BCUT2D eigenvalue weighted by atomic mass is 9.77. The van der Waals surface area contributed by atoms with Gasteiger partial charge in [0.15, 0.2) is 0 Å². The highest BCUT2D eigenvalue weighted by Crippen LogP contribution is 2.47. The molecule has 4 rings (SSSR count). The van der Waals surface area contributed by atoms with Crippen LogP contribution in [0.5, 0.6) is 0 Å². The number of hydrogen-bond donors (Lipinski definition) is 2. The molecule has 1 heterocycles. The van der Waals surface area contributed by atoms with Gasteiger partial charge in [0.05, 0.1) is 6.42 Å². The first kappa shape index (κ1) is 25.9. The SMILES string of the molecule is CCC[C@H](c1ccc(C(=O)NCCC(=O)O)cc1)C(c1ccc(Cl)cc1)c1sc2ccccc2c1C. The van der Waals surface area contributed by atoms with Gasteiger partial charge in [0, 0.05) is 32.6 Å². The monoisotopic (exact) mass is 519 g/mol. The number of fused-ring (bicyclic) bond motifs is 1. The number of amides is 1. The Morgan fingerprint density at radius 2 is 1.64 bits per heavy atom. The van der Waals surface area contributed by atoms with Gasteiger partial charge in [-0.05, 0) is 71.7 Å². The number of carboxylic acids is 1. The Bertz CT molecular complexity index is 1350. The molecule has 0 saturated carbocycles. The summed E-state index contributed by atoms with van der Waals surface area (Å²) in [4.78, 5) is 24.6. The maximum Gasteiger partial charge on any atom is 0.305 e. The molecule has 4 aromatic rings. The molecule has 0 aliphatic heterocycles. The molecule has 2 atom stereocenters. The lowest BCUT2D eigenvalue weighted by molar-refractivity contribution is -0.136. The van der Waals surface area contributed by atoms with E-state index in [1.54, 1.807) is 0 Å². The van der Waals surface area contributed by atoms with E-state index in [2.05, 4.69) is 55.6 Å². The smallest absolute Gasteiger partial charge is 0.305 e. The third-order valence-electron chi connectivity index (χ3n) is 6.62. The zero-order valence-electron chi connectivity index (χ0n) is 20.5. The second-order valence-electron chi connectivity index (χ2n) is 9.03. The van der Waals surface area contributed by atoms with E-state index < -0.39 is 5.97 Å². The molecule has 3 aromatic carbocycles. The summed E-state index contributed by atoms with van der Waals surface area (Å²) in [5, 5.41) is 13.5. The number of carbonyl (C=O) groups excluding carboxylic acids is 1. The van der Waals surface area contributed by atoms with Gasteiger partial charge in [-0.15, -0.1) is 11.3 Å². The normalized spacial score (nSPS) is 12.9. The van der Waals surface area contributed by atoms with Crippen LogP contribution in [0.3, 0.4) is 0 Å². The van der Waals surface area contributed by atoms with E-state index in [0.29, 0.717) is 5.56 Å². The van der Waals surface area contributed by atoms with Crippen molar-refractivity contribution in [2.24, 2.45) is 0 Å². The Morgan fingerprint density at radius 3 is 2.28 bits per heavy atom. The van der Waals surface area contributed by atoms with Crippen LogP contribution < -0.4 is 5.32 Å². The minimum absolute atomic E-state index is 0.0975. The van der Waals surface area contributed by atoms with E-state index in [-0.39, 0.29) is 30.7 Å². The molecule has 0 bridgehead atoms. The largest absolute Gasteiger partial charge is 0.481 e. The first-order valence-electron chi connectivity index (χ1n) is 12.2. The van der Waals surface area contributed by atoms with Gasteiger partial charge >= 0.3 is 5.97 Å². The minimum Gasteiger partial charge on any atom is -0.481 e. The third-order valence-corrected chi connectivity index (χ3v) is 8.23. The maximum atomic E-state index is 12.5. The fourth-order valence-corrected chi connectivity index (χ4v) is 6.36. The highest BCUT2D eigenvalue weighted by molar-refractivity contribution is 7.19. The summed E-state index contributed by atoms with van der Waals surface area (Å²) < 4.78 is 1.28. The van der Waals surface area contributed by atoms with E-state index in [9.17, 15) is 9.59 Å². The second kappa shape index (κ2) is 11.7. The molecule has 6 heteroatoms. The molecule has 0 saturated heterocycles. The van der Waals surface area contributed by atoms with Gasteiger partial charge in [0.2, 0.25) is 0 Å². The van der Waals surface area contributed by atoms with E-state index in [0.717, 1.165) is 17.9 Å². The molecule has 1 unspecified atom stereocenters. The van der Waals surface area contributed by atoms with Crippen LogP contribution in [0.1, 0.15) is 69.9 Å². The van der Waals surface area contributed by atoms with Crippen molar-refractivity contribution in [3.05, 3.63) is 105 Å². The molecule has 1 amide bonds. The standard InChI is InChI=1S/C30H30ClNO3S/c1-3-6-25(20-9-11-22(12-10-20)30(35)32-18-17-27(33)34)28(21-13-15-23(31)16-14-21)29-19(2)24-7-4-5-8-26(24)36-29/h4-5,7-16,25,28H,3,6,17-18H2,1-2H3,(H,32,35)(H,33,34)/t25-,28?/m1/s1. The number of nitrogens with one attached hydrogen (secondary N) is 1. The molecule has 0 spiro atoms. The summed E-state index contributed by atoms with van der Waals surface area (Å²) in [7, 11) is 0. The molecule has 4 nitrogen and oxygen atoms in total. The molecule has 0 aliphatic carbocycles. The van der Waals surface area contributed by atoms with Crippen LogP contribution in [-0.2, 0) is 4.79 Å². The molecule has 186 valence electrons. The summed E-state index contributed by atoms with van der Waals surface area (Å²) >= 11 is 8.10. The van der Waals surface area contributed by atoms with Gasteiger partial charge in [-0.25, -0.2) is 0 Å². The summed E-state index contributed by atoms with van der Waals surface area (Å²) in [5.74, 6) is -0.829. The number of aliphatic carboxylic acids is 1. The van der Waals surface area contributed by atoms with Crippen molar-refractivity contribution in [3.8, 4) is 0 Å². The average molecular weight is 520 g/mol. The van der Waals surface area contributed by atoms with Gasteiger partial charge in [0.1, 0.15) is 0 Å². The predicted octanol–water partition coefficient (Wildman–Crippen LogP) is 7.78. The fourth-order valence-electron chi connectivity index (χ4n) is 4.83. The number of hydrogen-bond acceptors (Lipinski definition) is 3. The van der Waals surface area contributed by atoms with Crippen molar-refractivity contribution in [1.29, 1.82) is 0 Å². The van der Waals surface area contributed by atoms with Crippen molar-refractivity contribution in [1.82, 2.24) is 5.32 Å². The molecule has 0 aliphatic rings. The van der Waals surface area contributed by atoms with E-state index in [4.69, 9.17) is 16.7 Å². The Balaban J connectivity index is 1.73. The maximum absolute atomic E-state index is 12.5. The van der Waals surface area contributed by atoms with Crippen LogP contribution >= 0.6 is 22.9 Å². The van der Waals surface area contributed by atoms with E-state index in [1.165, 1.54) is 31.7 Å². The quantitative estimate of drug-likeness (QED) is 0.225. The number of thiophene rings is 1. The number of rotatable bonds is 10. The molecule has 2 N–H and O–H groups in total. The van der Waals surface area contributed by atoms with Crippen LogP contribution in [0.2, 0.25) is 5.02 Å². The van der Waals surface area contributed by atoms with E-state index in [1.807, 2.05) is 47.7 Å². The topological polar surface area (TPSA) is 66.4 Å². The van der Waals surface area contributed by atoms with Gasteiger partial charge < -0.3 is 10.4 Å². The second-order valence-corrected chi connectivity index (χ2v) is 10.6. The Morgan fingerprint density at radius 1 is 0.972 bits per heavy atom. The van der Waals surface area contributed by atoms with Crippen molar-refractivity contribution in [3.63, 3.8) is 0 Å². The van der Waals surface area contributed by atoms with Crippen LogP contribution in [-0.4, -0.2) is 23.5 Å². The van der Waals surface area contributed by atoms with Gasteiger partial charge in [0.25, 0.3) is 5.91 Å². The number of benzene rings is 3. The zero-order valence-corrected chi connectivity index (χ0v) is 22.0. The molecule has 1 aromatic heterocycles. The van der Waals surface area contributed by atoms with Crippen LogP contribution in [0.4, 0.5) is 0 Å². The number of aryl methyl sites for hydroxylation is 1. The third kappa shape index (κ3) is 5.80. The van der Waals surface area contributed by atoms with Gasteiger partial charge in [-0.3, -0.25) is 9.59 Å². The summed E-state index contributed by atoms with van der Waals surface area (Å²) in [5.41, 5.74) is 4.24. The van der Waals surface area contributed by atoms with Crippen LogP contribution in [0.15, 0.2) is 72.8 Å². The highest BCUT2D eigenvalue weighted by atomic mass is 35.5. The minimum atomic E-state index is -0.933. The van der Waals surface area contributed by atoms with Gasteiger partial charge in [-0.1, -0.05) is 67.4 Å². The molecular formula is C30H30ClNO3S. The van der Waals surface area contributed by atoms with Gasteiger partial charge in [-0.2, -0.15) is 0 Å². The number of carbonyl (C=O) groups is 2. The van der Waals surface area contributed by atoms with Crippen molar-refractivity contribution in [2.45, 2.75) is 44.9 Å². The van der Waals surface area contributed by atoms with E-state index >= 15 is 0 Å². The fraction of sp³-hybridized carbons (Fsp3) is 0.267. The molecule has 36 heavy (non-hydrogen) atoms. The molecular weight excluding hydrogens is 490 g/mol. The highest BCUT2D eigenvalue weighted by Gasteiger charge is 2.29. The zero-order chi connectivity index (χ0) is 25.7. The Labute approximate surface area is 220 Å². The van der Waals surface area contributed by atoms with Crippen molar-refractivity contribution < 1.29 is 14.7 Å². The first-order valence-corrected chi connectivity index (χ1v) is 13.4. The molecule has 0 radical (unpaired) electrons. The summed E-state index contributed by atoms with van der Waals surface area (Å²) in [6.07, 6.45) is 1.92. The van der Waals surface area contributed by atoms with Crippen LogP contribution in [0, 0.1) is 6.92 Å². The first-order chi connectivity index (χ1) is 17.4. The average Bonchev–Trinajstić information content (AvgIpc) is 3.21. The summed E-state index contributed by atoms with van der Waals surface area (Å²) in [6.45, 7) is 4.52. The summed E-state index contributed by atoms with van der Waals surface area (Å²) in [6, 6.07) is 24.5. The number of halogens is 1. The van der Waals surface area contributed by atoms with Crippen molar-refractivity contribution in [2.75, 3.05) is 6.54 Å². The molecule has 0 fully saturated rings. The number of carboxylic acid groups (broad SMARTS) is 1. The lowest BCUT2D eigenvalue weighted by Gasteiger charge is -2.28.